The van der Waals surface area contributed by atoms with Crippen molar-refractivity contribution >= 4 is 23.4 Å². The van der Waals surface area contributed by atoms with Crippen LogP contribution in [-0.2, 0) is 16.0 Å². The highest BCUT2D eigenvalue weighted by Crippen LogP contribution is 2.15. The minimum atomic E-state index is -0.172. The van der Waals surface area contributed by atoms with Crippen molar-refractivity contribution in [3.8, 4) is 0 Å². The molecule has 6 heteroatoms. The van der Waals surface area contributed by atoms with E-state index in [-0.39, 0.29) is 17.7 Å². The summed E-state index contributed by atoms with van der Waals surface area (Å²) in [5, 5.41) is 2.70. The molecule has 0 saturated carbocycles. The van der Waals surface area contributed by atoms with Crippen LogP contribution in [0.2, 0.25) is 0 Å². The van der Waals surface area contributed by atoms with Crippen molar-refractivity contribution in [2.24, 2.45) is 0 Å². The highest BCUT2D eigenvalue weighted by Gasteiger charge is 2.23. The van der Waals surface area contributed by atoms with Crippen molar-refractivity contribution in [2.45, 2.75) is 26.2 Å². The predicted octanol–water partition coefficient (Wildman–Crippen LogP) is 2.95. The lowest BCUT2D eigenvalue weighted by molar-refractivity contribution is -0.131. The normalized spacial score (nSPS) is 14.2. The van der Waals surface area contributed by atoms with Gasteiger partial charge in [0, 0.05) is 50.8 Å². The van der Waals surface area contributed by atoms with Crippen LogP contribution in [0, 0.1) is 0 Å². The second-order valence-electron chi connectivity index (χ2n) is 7.27. The summed E-state index contributed by atoms with van der Waals surface area (Å²) in [6.07, 6.45) is 1.97. The first kappa shape index (κ1) is 20.6. The van der Waals surface area contributed by atoms with E-state index in [1.165, 1.54) is 6.92 Å². The van der Waals surface area contributed by atoms with Crippen molar-refractivity contribution in [1.29, 1.82) is 0 Å². The average molecular weight is 393 g/mol. The fourth-order valence-corrected chi connectivity index (χ4v) is 3.54. The molecule has 0 radical (unpaired) electrons. The number of hydrogen-bond donors (Lipinski definition) is 1. The summed E-state index contributed by atoms with van der Waals surface area (Å²) in [6, 6.07) is 17.0. The van der Waals surface area contributed by atoms with Gasteiger partial charge in [0.25, 0.3) is 5.91 Å². The summed E-state index contributed by atoms with van der Waals surface area (Å²) >= 11 is 0. The topological polar surface area (TPSA) is 69.7 Å². The van der Waals surface area contributed by atoms with E-state index in [1.54, 1.807) is 29.2 Å². The molecular weight excluding hydrogens is 366 g/mol. The largest absolute Gasteiger partial charge is 0.341 e. The van der Waals surface area contributed by atoms with Crippen LogP contribution in [0.4, 0.5) is 5.69 Å². The maximum Gasteiger partial charge on any atom is 0.253 e. The van der Waals surface area contributed by atoms with Crippen LogP contribution in [0.5, 0.6) is 0 Å². The number of hydrogen-bond acceptors (Lipinski definition) is 3. The smallest absolute Gasteiger partial charge is 0.253 e. The van der Waals surface area contributed by atoms with Crippen LogP contribution in [-0.4, -0.2) is 53.7 Å². The molecule has 29 heavy (non-hydrogen) atoms. The summed E-state index contributed by atoms with van der Waals surface area (Å²) in [5.41, 5.74) is 2.31. The van der Waals surface area contributed by atoms with Gasteiger partial charge in [0.15, 0.2) is 0 Å². The Hall–Kier alpha value is -3.15. The van der Waals surface area contributed by atoms with Gasteiger partial charge in [-0.05, 0) is 36.6 Å². The molecule has 152 valence electrons. The summed E-state index contributed by atoms with van der Waals surface area (Å²) in [5.74, 6) is -0.111. The monoisotopic (exact) mass is 393 g/mol. The number of carbonyl (C=O) groups is 3. The van der Waals surface area contributed by atoms with Gasteiger partial charge in [0.05, 0.1) is 0 Å². The Morgan fingerprint density at radius 2 is 1.62 bits per heavy atom. The van der Waals surface area contributed by atoms with Gasteiger partial charge in [-0.1, -0.05) is 36.4 Å². The molecule has 0 bridgehead atoms. The Balaban J connectivity index is 1.55. The van der Waals surface area contributed by atoms with E-state index in [9.17, 15) is 14.4 Å². The number of nitrogens with zero attached hydrogens (tertiary/aromatic N) is 2. The number of carbonyl (C=O) groups excluding carboxylic acids is 3. The van der Waals surface area contributed by atoms with Gasteiger partial charge in [-0.15, -0.1) is 0 Å². The Morgan fingerprint density at radius 1 is 0.897 bits per heavy atom. The van der Waals surface area contributed by atoms with E-state index < -0.39 is 0 Å². The van der Waals surface area contributed by atoms with Gasteiger partial charge in [-0.2, -0.15) is 0 Å². The van der Waals surface area contributed by atoms with E-state index in [2.05, 4.69) is 5.32 Å². The number of anilines is 1. The minimum Gasteiger partial charge on any atom is -0.341 e. The SMILES string of the molecule is CC(=O)Nc1cccc(C(=O)N2CCCN(C(=O)CCc3ccccc3)CC2)c1. The lowest BCUT2D eigenvalue weighted by atomic mass is 10.1. The van der Waals surface area contributed by atoms with E-state index >= 15 is 0 Å². The Kier molecular flexibility index (Phi) is 7.00. The van der Waals surface area contributed by atoms with Crippen molar-refractivity contribution in [3.63, 3.8) is 0 Å². The molecule has 0 unspecified atom stereocenters. The van der Waals surface area contributed by atoms with Gasteiger partial charge in [0.2, 0.25) is 11.8 Å². The summed E-state index contributed by atoms with van der Waals surface area (Å²) < 4.78 is 0. The molecule has 0 spiro atoms. The zero-order valence-electron chi connectivity index (χ0n) is 16.8. The van der Waals surface area contributed by atoms with Crippen LogP contribution in [0.3, 0.4) is 0 Å². The fraction of sp³-hybridized carbons (Fsp3) is 0.348. The van der Waals surface area contributed by atoms with Crippen molar-refractivity contribution in [1.82, 2.24) is 9.80 Å². The number of amides is 3. The predicted molar refractivity (Wildman–Crippen MR) is 113 cm³/mol. The maximum absolute atomic E-state index is 12.9. The van der Waals surface area contributed by atoms with Gasteiger partial charge < -0.3 is 15.1 Å². The molecule has 3 amide bonds. The van der Waals surface area contributed by atoms with E-state index in [0.29, 0.717) is 43.9 Å². The molecule has 6 nitrogen and oxygen atoms in total. The van der Waals surface area contributed by atoms with Crippen LogP contribution >= 0.6 is 0 Å². The molecule has 1 fully saturated rings. The Bertz CT molecular complexity index is 867. The average Bonchev–Trinajstić information content (AvgIpc) is 2.98. The third kappa shape index (κ3) is 5.91. The Morgan fingerprint density at radius 3 is 2.38 bits per heavy atom. The number of nitrogens with one attached hydrogen (secondary N) is 1. The van der Waals surface area contributed by atoms with Crippen LogP contribution in [0.15, 0.2) is 54.6 Å². The molecule has 0 atom stereocenters. The molecule has 1 N–H and O–H groups in total. The Labute approximate surface area is 171 Å². The second kappa shape index (κ2) is 9.87. The summed E-state index contributed by atoms with van der Waals surface area (Å²) in [7, 11) is 0. The van der Waals surface area contributed by atoms with E-state index in [4.69, 9.17) is 0 Å². The highest BCUT2D eigenvalue weighted by molar-refractivity contribution is 5.96. The zero-order valence-corrected chi connectivity index (χ0v) is 16.8. The molecule has 1 heterocycles. The van der Waals surface area contributed by atoms with Crippen molar-refractivity contribution in [3.05, 3.63) is 65.7 Å². The van der Waals surface area contributed by atoms with Gasteiger partial charge in [-0.3, -0.25) is 14.4 Å². The van der Waals surface area contributed by atoms with Crippen LogP contribution < -0.4 is 5.32 Å². The number of benzene rings is 2. The first-order chi connectivity index (χ1) is 14.0. The third-order valence-corrected chi connectivity index (χ3v) is 5.04. The molecule has 0 aliphatic carbocycles. The minimum absolute atomic E-state index is 0.0733. The van der Waals surface area contributed by atoms with E-state index in [1.807, 2.05) is 35.2 Å². The van der Waals surface area contributed by atoms with E-state index in [0.717, 1.165) is 18.4 Å². The lowest BCUT2D eigenvalue weighted by Crippen LogP contribution is -2.37. The van der Waals surface area contributed by atoms with Crippen LogP contribution in [0.25, 0.3) is 0 Å². The molecule has 2 aromatic rings. The number of rotatable bonds is 5. The molecule has 3 rings (SSSR count). The first-order valence-corrected chi connectivity index (χ1v) is 10.0. The first-order valence-electron chi connectivity index (χ1n) is 10.0. The van der Waals surface area contributed by atoms with Gasteiger partial charge in [-0.25, -0.2) is 0 Å². The van der Waals surface area contributed by atoms with Gasteiger partial charge >= 0.3 is 0 Å². The second-order valence-corrected chi connectivity index (χ2v) is 7.27. The molecule has 2 aromatic carbocycles. The molecule has 1 aliphatic heterocycles. The third-order valence-electron chi connectivity index (χ3n) is 5.04. The maximum atomic E-state index is 12.9. The van der Waals surface area contributed by atoms with Gasteiger partial charge in [0.1, 0.15) is 0 Å². The zero-order chi connectivity index (χ0) is 20.6. The fourth-order valence-electron chi connectivity index (χ4n) is 3.54. The highest BCUT2D eigenvalue weighted by atomic mass is 16.2. The molecule has 1 aliphatic rings. The number of aryl methyl sites for hydroxylation is 1. The molecule has 1 saturated heterocycles. The molecular formula is C23H27N3O3. The van der Waals surface area contributed by atoms with Crippen molar-refractivity contribution in [2.75, 3.05) is 31.5 Å². The summed E-state index contributed by atoms with van der Waals surface area (Å²) in [6.45, 7) is 3.78. The molecule has 0 aromatic heterocycles. The van der Waals surface area contributed by atoms with Crippen LogP contribution in [0.1, 0.15) is 35.7 Å². The lowest BCUT2D eigenvalue weighted by Gasteiger charge is -2.22. The standard InChI is InChI=1S/C23H27N3O3/c1-18(27)24-21-10-5-9-20(17-21)23(29)26-14-6-13-25(15-16-26)22(28)12-11-19-7-3-2-4-8-19/h2-5,7-10,17H,6,11-16H2,1H3,(H,24,27). The van der Waals surface area contributed by atoms with Crippen molar-refractivity contribution < 1.29 is 14.4 Å². The quantitative estimate of drug-likeness (QED) is 0.849. The summed E-state index contributed by atoms with van der Waals surface area (Å²) in [4.78, 5) is 40.4.